The normalized spacial score (nSPS) is 12.9. The maximum absolute atomic E-state index is 13.1. The van der Waals surface area contributed by atoms with Crippen LogP contribution in [0.3, 0.4) is 0 Å². The second kappa shape index (κ2) is 6.46. The molecule has 0 saturated carbocycles. The zero-order valence-corrected chi connectivity index (χ0v) is 15.0. The van der Waals surface area contributed by atoms with Crippen LogP contribution in [0.1, 0.15) is 15.9 Å². The number of fused-ring (bicyclic) bond motifs is 2. The average molecular weight is 368 g/mol. The molecular weight excluding hydrogens is 352 g/mol. The third-order valence-corrected chi connectivity index (χ3v) is 5.11. The Morgan fingerprint density at radius 2 is 1.79 bits per heavy atom. The standard InChI is InChI=1S/C23H16N2O3/c26-22(19-14-18-3-1-2-4-21(18)28-23(19)27)25-12-9-17-13-16(5-6-20(17)25)15-7-10-24-11-8-15/h1-8,10-11,13-14H,9,12H2. The number of carbonyl (C=O) groups is 1. The molecular formula is C23H16N2O3. The van der Waals surface area contributed by atoms with E-state index in [1.165, 1.54) is 0 Å². The van der Waals surface area contributed by atoms with Gasteiger partial charge in [0.15, 0.2) is 0 Å². The summed E-state index contributed by atoms with van der Waals surface area (Å²) in [7, 11) is 0. The van der Waals surface area contributed by atoms with Crippen molar-refractivity contribution in [2.75, 3.05) is 11.4 Å². The van der Waals surface area contributed by atoms with Gasteiger partial charge in [0.2, 0.25) is 0 Å². The Bertz CT molecular complexity index is 1260. The average Bonchev–Trinajstić information content (AvgIpc) is 3.16. The van der Waals surface area contributed by atoms with E-state index >= 15 is 0 Å². The fourth-order valence-electron chi connectivity index (χ4n) is 3.69. The number of aromatic nitrogens is 1. The number of hydrogen-bond acceptors (Lipinski definition) is 4. The van der Waals surface area contributed by atoms with E-state index in [9.17, 15) is 9.59 Å². The Kier molecular flexibility index (Phi) is 3.79. The first kappa shape index (κ1) is 16.4. The highest BCUT2D eigenvalue weighted by Crippen LogP contribution is 2.33. The third kappa shape index (κ3) is 2.68. The summed E-state index contributed by atoms with van der Waals surface area (Å²) in [6.07, 6.45) is 4.27. The maximum atomic E-state index is 13.1. The van der Waals surface area contributed by atoms with Gasteiger partial charge in [-0.3, -0.25) is 9.78 Å². The van der Waals surface area contributed by atoms with E-state index in [4.69, 9.17) is 4.42 Å². The zero-order valence-electron chi connectivity index (χ0n) is 15.0. The van der Waals surface area contributed by atoms with Crippen molar-refractivity contribution in [2.45, 2.75) is 6.42 Å². The predicted octanol–water partition coefficient (Wildman–Crippen LogP) is 4.06. The number of para-hydroxylation sites is 1. The van der Waals surface area contributed by atoms with Gasteiger partial charge < -0.3 is 9.32 Å². The van der Waals surface area contributed by atoms with Crippen LogP contribution in [0.5, 0.6) is 0 Å². The van der Waals surface area contributed by atoms with Crippen LogP contribution < -0.4 is 10.5 Å². The number of anilines is 1. The lowest BCUT2D eigenvalue weighted by atomic mass is 10.0. The summed E-state index contributed by atoms with van der Waals surface area (Å²) in [5.74, 6) is -0.324. The fraction of sp³-hybridized carbons (Fsp3) is 0.0870. The summed E-state index contributed by atoms with van der Waals surface area (Å²) >= 11 is 0. The molecule has 0 saturated heterocycles. The Morgan fingerprint density at radius 3 is 2.64 bits per heavy atom. The van der Waals surface area contributed by atoms with Gasteiger partial charge in [0.25, 0.3) is 5.91 Å². The highest BCUT2D eigenvalue weighted by atomic mass is 16.4. The highest BCUT2D eigenvalue weighted by Gasteiger charge is 2.28. The van der Waals surface area contributed by atoms with Crippen molar-refractivity contribution in [1.29, 1.82) is 0 Å². The first-order valence-electron chi connectivity index (χ1n) is 9.09. The summed E-state index contributed by atoms with van der Waals surface area (Å²) in [5.41, 5.74) is 4.03. The molecule has 0 bridgehead atoms. The van der Waals surface area contributed by atoms with Crippen LogP contribution in [0.2, 0.25) is 0 Å². The van der Waals surface area contributed by atoms with Crippen LogP contribution in [0.4, 0.5) is 5.69 Å². The van der Waals surface area contributed by atoms with E-state index in [0.29, 0.717) is 12.1 Å². The Hall–Kier alpha value is -3.73. The largest absolute Gasteiger partial charge is 0.422 e. The summed E-state index contributed by atoms with van der Waals surface area (Å²) < 4.78 is 5.33. The molecule has 0 fully saturated rings. The highest BCUT2D eigenvalue weighted by molar-refractivity contribution is 6.08. The van der Waals surface area contributed by atoms with Crippen LogP contribution in [-0.4, -0.2) is 17.4 Å². The van der Waals surface area contributed by atoms with Gasteiger partial charge in [0, 0.05) is 30.0 Å². The first-order chi connectivity index (χ1) is 13.7. The van der Waals surface area contributed by atoms with Gasteiger partial charge in [0.1, 0.15) is 11.1 Å². The van der Waals surface area contributed by atoms with E-state index < -0.39 is 5.63 Å². The monoisotopic (exact) mass is 368 g/mol. The minimum Gasteiger partial charge on any atom is -0.422 e. The van der Waals surface area contributed by atoms with Crippen LogP contribution >= 0.6 is 0 Å². The van der Waals surface area contributed by atoms with Crippen molar-refractivity contribution in [1.82, 2.24) is 4.98 Å². The second-order valence-corrected chi connectivity index (χ2v) is 6.77. The molecule has 0 radical (unpaired) electrons. The lowest BCUT2D eigenvalue weighted by Crippen LogP contribution is -2.32. The third-order valence-electron chi connectivity index (χ3n) is 5.11. The summed E-state index contributed by atoms with van der Waals surface area (Å²) in [4.78, 5) is 31.2. The number of rotatable bonds is 2. The number of benzene rings is 2. The van der Waals surface area contributed by atoms with Gasteiger partial charge in [0.05, 0.1) is 0 Å². The van der Waals surface area contributed by atoms with E-state index in [0.717, 1.165) is 34.2 Å². The predicted molar refractivity (Wildman–Crippen MR) is 108 cm³/mol. The molecule has 2 aromatic heterocycles. The maximum Gasteiger partial charge on any atom is 0.349 e. The topological polar surface area (TPSA) is 63.4 Å². The lowest BCUT2D eigenvalue weighted by Gasteiger charge is -2.17. The number of carbonyl (C=O) groups excluding carboxylic acids is 1. The SMILES string of the molecule is O=C(c1cc2ccccc2oc1=O)N1CCc2cc(-c3ccncc3)ccc21. The molecule has 5 heteroatoms. The molecule has 5 nitrogen and oxygen atoms in total. The molecule has 1 aliphatic heterocycles. The molecule has 2 aromatic carbocycles. The number of pyridine rings is 1. The number of amides is 1. The smallest absolute Gasteiger partial charge is 0.349 e. The first-order valence-corrected chi connectivity index (χ1v) is 9.09. The Morgan fingerprint density at radius 1 is 0.964 bits per heavy atom. The minimum absolute atomic E-state index is 0.0600. The number of nitrogens with zero attached hydrogens (tertiary/aromatic N) is 2. The molecule has 0 atom stereocenters. The van der Waals surface area contributed by atoms with E-state index in [1.54, 1.807) is 35.5 Å². The van der Waals surface area contributed by atoms with Crippen LogP contribution in [0.25, 0.3) is 22.1 Å². The molecule has 5 rings (SSSR count). The summed E-state index contributed by atoms with van der Waals surface area (Å²) in [6.45, 7) is 0.542. The zero-order chi connectivity index (χ0) is 19.1. The molecule has 4 aromatic rings. The lowest BCUT2D eigenvalue weighted by molar-refractivity contribution is 0.0986. The van der Waals surface area contributed by atoms with Gasteiger partial charge in [-0.05, 0) is 59.5 Å². The van der Waals surface area contributed by atoms with Gasteiger partial charge >= 0.3 is 5.63 Å². The van der Waals surface area contributed by atoms with Crippen molar-refractivity contribution in [3.05, 3.63) is 94.6 Å². The summed E-state index contributed by atoms with van der Waals surface area (Å²) in [6, 6.07) is 18.8. The molecule has 28 heavy (non-hydrogen) atoms. The quantitative estimate of drug-likeness (QED) is 0.501. The van der Waals surface area contributed by atoms with Crippen molar-refractivity contribution in [3.8, 4) is 11.1 Å². The van der Waals surface area contributed by atoms with Crippen LogP contribution in [-0.2, 0) is 6.42 Å². The van der Waals surface area contributed by atoms with E-state index in [1.807, 2.05) is 36.4 Å². The number of hydrogen-bond donors (Lipinski definition) is 0. The van der Waals surface area contributed by atoms with Crippen molar-refractivity contribution >= 4 is 22.6 Å². The van der Waals surface area contributed by atoms with Gasteiger partial charge in [-0.25, -0.2) is 4.79 Å². The fourth-order valence-corrected chi connectivity index (χ4v) is 3.69. The van der Waals surface area contributed by atoms with E-state index in [-0.39, 0.29) is 11.5 Å². The molecule has 1 aliphatic rings. The molecule has 3 heterocycles. The summed E-state index contributed by atoms with van der Waals surface area (Å²) in [5, 5.41) is 0.734. The second-order valence-electron chi connectivity index (χ2n) is 6.77. The van der Waals surface area contributed by atoms with E-state index in [2.05, 4.69) is 11.1 Å². The van der Waals surface area contributed by atoms with Gasteiger partial charge in [-0.2, -0.15) is 0 Å². The van der Waals surface area contributed by atoms with Gasteiger partial charge in [-0.1, -0.05) is 24.3 Å². The Labute approximate surface area is 160 Å². The Balaban J connectivity index is 1.52. The molecule has 0 spiro atoms. The van der Waals surface area contributed by atoms with Crippen LogP contribution in [0, 0.1) is 0 Å². The molecule has 0 N–H and O–H groups in total. The van der Waals surface area contributed by atoms with Gasteiger partial charge in [-0.15, -0.1) is 0 Å². The molecule has 0 unspecified atom stereocenters. The molecule has 136 valence electrons. The minimum atomic E-state index is -0.606. The molecule has 1 amide bonds. The molecule has 0 aliphatic carbocycles. The van der Waals surface area contributed by atoms with Crippen molar-refractivity contribution in [3.63, 3.8) is 0 Å². The van der Waals surface area contributed by atoms with Crippen LogP contribution in [0.15, 0.2) is 82.3 Å². The van der Waals surface area contributed by atoms with Crippen molar-refractivity contribution in [2.24, 2.45) is 0 Å². The van der Waals surface area contributed by atoms with Crippen molar-refractivity contribution < 1.29 is 9.21 Å².